The van der Waals surface area contributed by atoms with Gasteiger partial charge in [-0.15, -0.1) is 5.10 Å². The van der Waals surface area contributed by atoms with E-state index in [0.717, 1.165) is 11.3 Å². The van der Waals surface area contributed by atoms with Gasteiger partial charge in [-0.2, -0.15) is 4.52 Å². The normalized spacial score (nSPS) is 13.3. The fourth-order valence-corrected chi connectivity index (χ4v) is 3.27. The lowest BCUT2D eigenvalue weighted by Crippen LogP contribution is -1.91. The average Bonchev–Trinajstić information content (AvgIpc) is 2.95. The van der Waals surface area contributed by atoms with Gasteiger partial charge in [0.1, 0.15) is 10.3 Å². The molecule has 1 unspecified atom stereocenters. The number of rotatable bonds is 2. The summed E-state index contributed by atoms with van der Waals surface area (Å²) in [4.78, 5) is 4.75. The molecule has 0 radical (unpaired) electrons. The van der Waals surface area contributed by atoms with Crippen LogP contribution >= 0.6 is 27.3 Å². The molecule has 88 valence electrons. The van der Waals surface area contributed by atoms with E-state index >= 15 is 0 Å². The predicted octanol–water partition coefficient (Wildman–Crippen LogP) is 2.05. The van der Waals surface area contributed by atoms with Gasteiger partial charge in [-0.3, -0.25) is 4.21 Å². The highest BCUT2D eigenvalue weighted by atomic mass is 79.9. The van der Waals surface area contributed by atoms with Crippen LogP contribution in [-0.2, 0) is 11.1 Å². The Morgan fingerprint density at radius 3 is 3.00 bits per heavy atom. The monoisotopic (exact) mass is 332 g/mol. The van der Waals surface area contributed by atoms with Gasteiger partial charge in [-0.05, 0) is 28.1 Å². The van der Waals surface area contributed by atoms with E-state index in [-0.39, 0.29) is 4.34 Å². The highest BCUT2D eigenvalue weighted by Crippen LogP contribution is 2.31. The fraction of sp³-hybridized carbons (Fsp3) is 0. The quantitative estimate of drug-likeness (QED) is 0.670. The van der Waals surface area contributed by atoms with E-state index in [2.05, 4.69) is 26.0 Å². The molecule has 3 aromatic heterocycles. The van der Waals surface area contributed by atoms with Crippen LogP contribution in [0.1, 0.15) is 0 Å². The van der Waals surface area contributed by atoms with E-state index in [9.17, 15) is 8.76 Å². The van der Waals surface area contributed by atoms with Crippen LogP contribution in [0.2, 0.25) is 0 Å². The van der Waals surface area contributed by atoms with Crippen molar-refractivity contribution >= 4 is 43.3 Å². The third-order valence-corrected chi connectivity index (χ3v) is 4.47. The Bertz CT molecular complexity index is 703. The van der Waals surface area contributed by atoms with Crippen LogP contribution in [0.5, 0.6) is 0 Å². The Morgan fingerprint density at radius 2 is 2.41 bits per heavy atom. The van der Waals surface area contributed by atoms with Gasteiger partial charge >= 0.3 is 0 Å². The molecule has 0 aliphatic heterocycles. The summed E-state index contributed by atoms with van der Waals surface area (Å²) >= 11 is 1.97. The molecule has 0 aliphatic rings. The van der Waals surface area contributed by atoms with Gasteiger partial charge in [0.05, 0.1) is 6.26 Å². The zero-order chi connectivity index (χ0) is 12.0. The molecule has 6 nitrogen and oxygen atoms in total. The molecule has 0 amide bonds. The van der Waals surface area contributed by atoms with Crippen molar-refractivity contribution in [3.63, 3.8) is 0 Å². The average molecular weight is 333 g/mol. The van der Waals surface area contributed by atoms with Crippen molar-refractivity contribution < 1.29 is 13.2 Å². The summed E-state index contributed by atoms with van der Waals surface area (Å²) in [7, 11) is 0. The van der Waals surface area contributed by atoms with E-state index in [1.54, 1.807) is 18.4 Å². The van der Waals surface area contributed by atoms with Crippen LogP contribution in [0.25, 0.3) is 16.4 Å². The molecule has 0 saturated heterocycles. The van der Waals surface area contributed by atoms with Crippen molar-refractivity contribution in [2.24, 2.45) is 0 Å². The van der Waals surface area contributed by atoms with Crippen LogP contribution in [-0.4, -0.2) is 23.4 Å². The molecular formula is C8H3BrN3O3S2-. The van der Waals surface area contributed by atoms with Crippen LogP contribution in [0.3, 0.4) is 0 Å². The summed E-state index contributed by atoms with van der Waals surface area (Å²) in [6, 6.07) is 3.52. The largest absolute Gasteiger partial charge is 0.767 e. The number of furan rings is 1. The Morgan fingerprint density at radius 1 is 1.59 bits per heavy atom. The van der Waals surface area contributed by atoms with E-state index in [1.807, 2.05) is 0 Å². The lowest BCUT2D eigenvalue weighted by atomic mass is 10.4. The second-order valence-corrected chi connectivity index (χ2v) is 5.85. The molecule has 0 spiro atoms. The molecule has 0 fully saturated rings. The number of aromatic nitrogens is 3. The van der Waals surface area contributed by atoms with Crippen LogP contribution in [0, 0.1) is 0 Å². The number of hydrogen-bond acceptors (Lipinski definition) is 6. The molecule has 0 bridgehead atoms. The van der Waals surface area contributed by atoms with Crippen molar-refractivity contribution in [2.75, 3.05) is 0 Å². The number of nitrogens with zero attached hydrogens (tertiary/aromatic N) is 3. The maximum Gasteiger partial charge on any atom is 0.214 e. The van der Waals surface area contributed by atoms with Gasteiger partial charge in [0, 0.05) is 11.1 Å². The third-order valence-electron chi connectivity index (χ3n) is 2.03. The summed E-state index contributed by atoms with van der Waals surface area (Å²) in [5.41, 5.74) is 0.594. The lowest BCUT2D eigenvalue weighted by molar-refractivity contribution is 0.534. The summed E-state index contributed by atoms with van der Waals surface area (Å²) in [5, 5.41) is 3.91. The van der Waals surface area contributed by atoms with E-state index in [1.165, 1.54) is 4.52 Å². The molecule has 1 atom stereocenters. The standard InChI is InChI=1S/C8H4BrN3O3S2/c9-6-5(4-2-1-3-15-4)10-7-12(6)11-8(16-7)17(13)14/h1-3H,(H,13,14)/p-1. The molecule has 0 N–H and O–H groups in total. The molecule has 0 saturated carbocycles. The summed E-state index contributed by atoms with van der Waals surface area (Å²) < 4.78 is 28.7. The summed E-state index contributed by atoms with van der Waals surface area (Å²) in [5.74, 6) is 0.597. The first kappa shape index (κ1) is 11.1. The Labute approximate surface area is 110 Å². The second-order valence-electron chi connectivity index (χ2n) is 3.03. The molecule has 0 aromatic carbocycles. The van der Waals surface area contributed by atoms with Gasteiger partial charge in [0.2, 0.25) is 4.96 Å². The molecule has 3 aromatic rings. The van der Waals surface area contributed by atoms with E-state index in [0.29, 0.717) is 21.0 Å². The van der Waals surface area contributed by atoms with Gasteiger partial charge < -0.3 is 8.97 Å². The minimum atomic E-state index is -2.34. The van der Waals surface area contributed by atoms with Gasteiger partial charge in [-0.25, -0.2) is 4.98 Å². The maximum atomic E-state index is 10.8. The van der Waals surface area contributed by atoms with Crippen LogP contribution in [0.4, 0.5) is 0 Å². The Balaban J connectivity index is 2.21. The summed E-state index contributed by atoms with van der Waals surface area (Å²) in [6.07, 6.45) is 1.54. The number of fused-ring (bicyclic) bond motifs is 1. The fourth-order valence-electron chi connectivity index (χ4n) is 1.34. The first-order chi connectivity index (χ1) is 8.16. The highest BCUT2D eigenvalue weighted by molar-refractivity contribution is 9.10. The molecule has 3 heterocycles. The minimum Gasteiger partial charge on any atom is -0.767 e. The van der Waals surface area contributed by atoms with Crippen molar-refractivity contribution in [1.82, 2.24) is 14.6 Å². The molecule has 0 aliphatic carbocycles. The number of hydrogen-bond donors (Lipinski definition) is 0. The first-order valence-electron chi connectivity index (χ1n) is 4.35. The molecule has 3 rings (SSSR count). The topological polar surface area (TPSA) is 83.5 Å². The SMILES string of the molecule is O=S([O-])c1nn2c(Br)c(-c3ccco3)nc2s1. The minimum absolute atomic E-state index is 0.000745. The van der Waals surface area contributed by atoms with E-state index in [4.69, 9.17) is 4.42 Å². The van der Waals surface area contributed by atoms with Crippen LogP contribution in [0.15, 0.2) is 31.8 Å². The molecule has 9 heteroatoms. The predicted molar refractivity (Wildman–Crippen MR) is 63.5 cm³/mol. The van der Waals surface area contributed by atoms with E-state index < -0.39 is 11.1 Å². The first-order valence-corrected chi connectivity index (χ1v) is 7.03. The van der Waals surface area contributed by atoms with Crippen molar-refractivity contribution in [3.8, 4) is 11.5 Å². The molecule has 17 heavy (non-hydrogen) atoms. The number of halogens is 1. The lowest BCUT2D eigenvalue weighted by Gasteiger charge is -1.96. The highest BCUT2D eigenvalue weighted by Gasteiger charge is 2.17. The Hall–Kier alpha value is -1.03. The van der Waals surface area contributed by atoms with Gasteiger partial charge in [0.15, 0.2) is 10.1 Å². The van der Waals surface area contributed by atoms with Gasteiger partial charge in [0.25, 0.3) is 0 Å². The van der Waals surface area contributed by atoms with Gasteiger partial charge in [-0.1, -0.05) is 11.3 Å². The van der Waals surface area contributed by atoms with Crippen LogP contribution < -0.4 is 0 Å². The van der Waals surface area contributed by atoms with Crippen molar-refractivity contribution in [3.05, 3.63) is 23.0 Å². The van der Waals surface area contributed by atoms with Crippen molar-refractivity contribution in [2.45, 2.75) is 4.34 Å². The smallest absolute Gasteiger partial charge is 0.214 e. The zero-order valence-electron chi connectivity index (χ0n) is 7.99. The Kier molecular flexibility index (Phi) is 2.62. The third kappa shape index (κ3) is 1.75. The zero-order valence-corrected chi connectivity index (χ0v) is 11.2. The maximum absolute atomic E-state index is 10.8. The van der Waals surface area contributed by atoms with Crippen molar-refractivity contribution in [1.29, 1.82) is 0 Å². The number of imidazole rings is 1. The second kappa shape index (κ2) is 4.02. The molecular weight excluding hydrogens is 330 g/mol. The summed E-state index contributed by atoms with van der Waals surface area (Å²) in [6.45, 7) is 0.